The molecule has 0 radical (unpaired) electrons. The van der Waals surface area contributed by atoms with E-state index in [1.165, 1.54) is 16.0 Å². The third-order valence-electron chi connectivity index (χ3n) is 11.3. The first-order chi connectivity index (χ1) is 22.8. The second kappa shape index (κ2) is 11.3. The lowest BCUT2D eigenvalue weighted by atomic mass is 9.92. The summed E-state index contributed by atoms with van der Waals surface area (Å²) >= 11 is 0. The van der Waals surface area contributed by atoms with Crippen molar-refractivity contribution >= 4 is 22.5 Å². The molecule has 2 aliphatic carbocycles. The van der Waals surface area contributed by atoms with Crippen molar-refractivity contribution in [1.82, 2.24) is 14.8 Å². The molecular weight excluding hydrogens is 598 g/mol. The standard InChI is InChI=1S/C37H36F2N6O2/c1-22(38)36(46)45-16-15-43(20-25(45)9-12-40)34-28-8-7-27(26-6-2-5-23-17-24-18-29(24)31(23)26)32(39)33(28)42-35(30(34)19-41)47-21-37-10-3-13-44(37)14-4-11-37/h2,5-8,24-25,29H,1,3-4,9-11,13-18,20-21H2/t24?,25-,29?/m0/s1. The predicted octanol–water partition coefficient (Wildman–Crippen LogP) is 5.99. The summed E-state index contributed by atoms with van der Waals surface area (Å²) in [6, 6.07) is 13.5. The highest BCUT2D eigenvalue weighted by atomic mass is 19.1. The maximum absolute atomic E-state index is 17.0. The number of carbonyl (C=O) groups excluding carboxylic acids is 1. The van der Waals surface area contributed by atoms with Crippen molar-refractivity contribution in [2.75, 3.05) is 44.2 Å². The molecule has 1 saturated carbocycles. The molecule has 4 fully saturated rings. The minimum absolute atomic E-state index is 0.0398. The second-order valence-electron chi connectivity index (χ2n) is 13.8. The maximum Gasteiger partial charge on any atom is 0.282 e. The van der Waals surface area contributed by atoms with Crippen LogP contribution in [-0.2, 0) is 11.2 Å². The molecule has 8 nitrogen and oxygen atoms in total. The van der Waals surface area contributed by atoms with Gasteiger partial charge < -0.3 is 14.5 Å². The molecule has 47 heavy (non-hydrogen) atoms. The van der Waals surface area contributed by atoms with Gasteiger partial charge >= 0.3 is 0 Å². The number of nitriles is 2. The fourth-order valence-electron chi connectivity index (χ4n) is 9.00. The minimum Gasteiger partial charge on any atom is -0.475 e. The lowest BCUT2D eigenvalue weighted by Gasteiger charge is -2.42. The molecule has 2 unspecified atom stereocenters. The van der Waals surface area contributed by atoms with Crippen molar-refractivity contribution < 1.29 is 18.3 Å². The summed E-state index contributed by atoms with van der Waals surface area (Å²) in [5.74, 6) is -1.20. The summed E-state index contributed by atoms with van der Waals surface area (Å²) < 4.78 is 37.4. The van der Waals surface area contributed by atoms with E-state index in [-0.39, 0.29) is 48.6 Å². The van der Waals surface area contributed by atoms with Crippen LogP contribution >= 0.6 is 0 Å². The molecule has 0 spiro atoms. The fraction of sp³-hybridized carbons (Fsp3) is 0.459. The summed E-state index contributed by atoms with van der Waals surface area (Å²) in [7, 11) is 0. The Morgan fingerprint density at radius 1 is 1.11 bits per heavy atom. The molecule has 1 aromatic heterocycles. The first-order valence-electron chi connectivity index (χ1n) is 16.7. The van der Waals surface area contributed by atoms with Crippen molar-refractivity contribution in [3.8, 4) is 29.1 Å². The van der Waals surface area contributed by atoms with Gasteiger partial charge in [0.05, 0.1) is 29.8 Å². The quantitative estimate of drug-likeness (QED) is 0.295. The summed E-state index contributed by atoms with van der Waals surface area (Å²) in [5, 5.41) is 20.7. The molecule has 240 valence electrons. The molecular formula is C37H36F2N6O2. The second-order valence-corrected chi connectivity index (χ2v) is 13.8. The maximum atomic E-state index is 17.0. The number of hydrogen-bond donors (Lipinski definition) is 0. The van der Waals surface area contributed by atoms with E-state index in [9.17, 15) is 19.7 Å². The van der Waals surface area contributed by atoms with Crippen LogP contribution in [0.2, 0.25) is 0 Å². The van der Waals surface area contributed by atoms with Crippen molar-refractivity contribution in [2.45, 2.75) is 62.4 Å². The Kier molecular flexibility index (Phi) is 7.18. The van der Waals surface area contributed by atoms with Gasteiger partial charge in [0, 0.05) is 30.6 Å². The Bertz CT molecular complexity index is 1900. The number of piperazine rings is 1. The zero-order chi connectivity index (χ0) is 32.4. The number of ether oxygens (including phenoxy) is 1. The number of amides is 1. The summed E-state index contributed by atoms with van der Waals surface area (Å²) in [4.78, 5) is 23.1. The Labute approximate surface area is 272 Å². The molecule has 0 bridgehead atoms. The van der Waals surface area contributed by atoms with Crippen LogP contribution in [0.1, 0.15) is 61.1 Å². The Hall–Kier alpha value is -4.54. The molecule has 10 heteroatoms. The molecule has 3 atom stereocenters. The molecule has 8 rings (SSSR count). The largest absolute Gasteiger partial charge is 0.475 e. The summed E-state index contributed by atoms with van der Waals surface area (Å²) in [5.41, 5.74) is 4.53. The number of fused-ring (bicyclic) bond motifs is 5. The van der Waals surface area contributed by atoms with E-state index in [0.717, 1.165) is 57.2 Å². The average molecular weight is 635 g/mol. The Morgan fingerprint density at radius 3 is 2.66 bits per heavy atom. The highest BCUT2D eigenvalue weighted by Crippen LogP contribution is 2.59. The van der Waals surface area contributed by atoms with Crippen molar-refractivity contribution in [2.24, 2.45) is 5.92 Å². The van der Waals surface area contributed by atoms with Gasteiger partial charge in [0.2, 0.25) is 5.88 Å². The van der Waals surface area contributed by atoms with E-state index in [1.807, 2.05) is 23.1 Å². The lowest BCUT2D eigenvalue weighted by Crippen LogP contribution is -2.55. The normalized spacial score (nSPS) is 24.0. The van der Waals surface area contributed by atoms with Crippen LogP contribution in [-0.4, -0.2) is 71.6 Å². The van der Waals surface area contributed by atoms with Crippen LogP contribution in [0.4, 0.5) is 14.5 Å². The Morgan fingerprint density at radius 2 is 1.91 bits per heavy atom. The van der Waals surface area contributed by atoms with Crippen LogP contribution in [0.3, 0.4) is 0 Å². The number of benzene rings is 2. The van der Waals surface area contributed by atoms with E-state index in [0.29, 0.717) is 35.1 Å². The third-order valence-corrected chi connectivity index (χ3v) is 11.3. The van der Waals surface area contributed by atoms with Crippen molar-refractivity contribution in [3.63, 3.8) is 0 Å². The van der Waals surface area contributed by atoms with Crippen molar-refractivity contribution in [3.05, 3.63) is 65.2 Å². The first kappa shape index (κ1) is 29.8. The monoisotopic (exact) mass is 634 g/mol. The van der Waals surface area contributed by atoms with E-state index < -0.39 is 23.6 Å². The van der Waals surface area contributed by atoms with E-state index >= 15 is 4.39 Å². The highest BCUT2D eigenvalue weighted by Gasteiger charge is 2.47. The SMILES string of the molecule is C=C(F)C(=O)N1CCN(c2c(C#N)c(OCC34CCCN3CCC4)nc3c(F)c(-c4cccc5c4C4CC4C5)ccc23)C[C@@H]1CC#N. The van der Waals surface area contributed by atoms with Crippen LogP contribution in [0.25, 0.3) is 22.0 Å². The average Bonchev–Trinajstić information content (AvgIpc) is 3.36. The summed E-state index contributed by atoms with van der Waals surface area (Å²) in [6.45, 7) is 6.04. The summed E-state index contributed by atoms with van der Waals surface area (Å²) in [6.07, 6.45) is 6.30. The number of hydrogen-bond acceptors (Lipinski definition) is 7. The van der Waals surface area contributed by atoms with Crippen molar-refractivity contribution in [1.29, 1.82) is 10.5 Å². The number of rotatable bonds is 7. The van der Waals surface area contributed by atoms with Crippen LogP contribution in [0, 0.1) is 34.4 Å². The van der Waals surface area contributed by atoms with Crippen LogP contribution in [0.15, 0.2) is 42.7 Å². The Balaban J connectivity index is 1.25. The molecule has 3 aromatic rings. The number of pyridine rings is 1. The third kappa shape index (κ3) is 4.76. The fourth-order valence-corrected chi connectivity index (χ4v) is 9.00. The minimum atomic E-state index is -1.09. The zero-order valence-corrected chi connectivity index (χ0v) is 26.3. The molecule has 0 N–H and O–H groups in total. The van der Waals surface area contributed by atoms with Crippen LogP contribution < -0.4 is 9.64 Å². The number of aromatic nitrogens is 1. The number of carbonyl (C=O) groups is 1. The van der Waals surface area contributed by atoms with E-state index in [1.54, 1.807) is 6.07 Å². The van der Waals surface area contributed by atoms with Gasteiger partial charge in [-0.05, 0) is 86.2 Å². The molecule has 5 aliphatic rings. The molecule has 1 amide bonds. The molecule has 2 aromatic carbocycles. The number of nitrogens with zero attached hydrogens (tertiary/aromatic N) is 6. The van der Waals surface area contributed by atoms with Gasteiger partial charge in [-0.3, -0.25) is 9.69 Å². The van der Waals surface area contributed by atoms with Gasteiger partial charge in [0.15, 0.2) is 11.6 Å². The van der Waals surface area contributed by atoms with Gasteiger partial charge in [0.1, 0.15) is 23.8 Å². The molecule has 4 heterocycles. The lowest BCUT2D eigenvalue weighted by molar-refractivity contribution is -0.131. The number of anilines is 1. The first-order valence-corrected chi connectivity index (χ1v) is 16.7. The molecule has 3 saturated heterocycles. The van der Waals surface area contributed by atoms with Crippen LogP contribution in [0.5, 0.6) is 5.88 Å². The highest BCUT2D eigenvalue weighted by molar-refractivity contribution is 5.99. The van der Waals surface area contributed by atoms with Gasteiger partial charge in [0.25, 0.3) is 5.91 Å². The molecule has 3 aliphatic heterocycles. The number of halogens is 2. The zero-order valence-electron chi connectivity index (χ0n) is 26.3. The van der Waals surface area contributed by atoms with Gasteiger partial charge in [-0.15, -0.1) is 0 Å². The van der Waals surface area contributed by atoms with Gasteiger partial charge in [-0.2, -0.15) is 10.5 Å². The smallest absolute Gasteiger partial charge is 0.282 e. The van der Waals surface area contributed by atoms with Gasteiger partial charge in [-0.25, -0.2) is 13.8 Å². The predicted molar refractivity (Wildman–Crippen MR) is 173 cm³/mol. The van der Waals surface area contributed by atoms with Gasteiger partial charge in [-0.1, -0.05) is 30.8 Å². The topological polar surface area (TPSA) is 96.5 Å². The van der Waals surface area contributed by atoms with E-state index in [2.05, 4.69) is 29.7 Å². The van der Waals surface area contributed by atoms with E-state index in [4.69, 9.17) is 9.72 Å².